The highest BCUT2D eigenvalue weighted by Crippen LogP contribution is 2.45. The van der Waals surface area contributed by atoms with E-state index in [2.05, 4.69) is 20.6 Å². The van der Waals surface area contributed by atoms with Crippen LogP contribution >= 0.6 is 0 Å². The van der Waals surface area contributed by atoms with Crippen LogP contribution < -0.4 is 0 Å². The molecular formula is C35H54N6O12. The van der Waals surface area contributed by atoms with Crippen molar-refractivity contribution in [2.45, 2.75) is 186 Å². The second kappa shape index (κ2) is 14.4. The summed E-state index contributed by atoms with van der Waals surface area (Å²) in [4.78, 5) is 0. The van der Waals surface area contributed by atoms with Crippen molar-refractivity contribution in [1.29, 1.82) is 0 Å². The van der Waals surface area contributed by atoms with Crippen LogP contribution in [0.5, 0.6) is 0 Å². The van der Waals surface area contributed by atoms with Crippen LogP contribution in [0.2, 0.25) is 0 Å². The van der Waals surface area contributed by atoms with Crippen LogP contribution in [0.1, 0.15) is 86.0 Å². The van der Waals surface area contributed by atoms with E-state index in [4.69, 9.17) is 56.8 Å². The molecule has 0 radical (unpaired) electrons. The standard InChI is InChI=1S/C35H54N6O12/c1-32(2)46-24-22(44-30-28(26(24)48-32)50-34(5,6)52-30)18-42-16-20-14-40(38-36-20)12-10-9-11-13-41-15-21(37-39-41)17-43-19-23-25-27(49-33(3,4)47-25)29-31(45-23)53-35(7,8)51-29/h14-15,22-31H,9-13,16-19H2,1-8H3/t22-,23-,24+,25+,26+,27+,28-,29-,30-,31-/m1/s1. The van der Waals surface area contributed by atoms with Crippen LogP contribution in [0.25, 0.3) is 0 Å². The summed E-state index contributed by atoms with van der Waals surface area (Å²) in [7, 11) is 0. The summed E-state index contributed by atoms with van der Waals surface area (Å²) in [5.74, 6) is -3.03. The van der Waals surface area contributed by atoms with E-state index >= 15 is 0 Å². The van der Waals surface area contributed by atoms with Crippen molar-refractivity contribution in [3.05, 3.63) is 23.8 Å². The van der Waals surface area contributed by atoms with Crippen LogP contribution in [0.15, 0.2) is 12.4 Å². The van der Waals surface area contributed by atoms with Gasteiger partial charge in [0.1, 0.15) is 60.2 Å². The highest BCUT2D eigenvalue weighted by atomic mass is 16.9. The Morgan fingerprint density at radius 3 is 1.32 bits per heavy atom. The minimum Gasteiger partial charge on any atom is -0.372 e. The molecule has 0 N–H and O–H groups in total. The lowest BCUT2D eigenvalue weighted by molar-refractivity contribution is -0.243. The zero-order valence-corrected chi connectivity index (χ0v) is 31.9. The summed E-state index contributed by atoms with van der Waals surface area (Å²) < 4.78 is 77.0. The predicted molar refractivity (Wildman–Crippen MR) is 178 cm³/mol. The molecule has 8 heterocycles. The van der Waals surface area contributed by atoms with Gasteiger partial charge < -0.3 is 56.8 Å². The number of unbranched alkanes of at least 4 members (excludes halogenated alkanes) is 2. The second-order valence-corrected chi connectivity index (χ2v) is 16.5. The maximum atomic E-state index is 6.23. The Labute approximate surface area is 309 Å². The van der Waals surface area contributed by atoms with Gasteiger partial charge in [-0.15, -0.1) is 10.2 Å². The molecule has 0 aliphatic carbocycles. The summed E-state index contributed by atoms with van der Waals surface area (Å²) in [5.41, 5.74) is 1.49. The predicted octanol–water partition coefficient (Wildman–Crippen LogP) is 2.57. The lowest BCUT2D eigenvalue weighted by atomic mass is 9.99. The molecule has 0 bridgehead atoms. The fraction of sp³-hybridized carbons (Fsp3) is 0.886. The molecule has 6 aliphatic heterocycles. The molecule has 296 valence electrons. The molecule has 0 spiro atoms. The minimum absolute atomic E-state index is 0.292. The Kier molecular flexibility index (Phi) is 10.2. The van der Waals surface area contributed by atoms with Gasteiger partial charge >= 0.3 is 0 Å². The third kappa shape index (κ3) is 8.49. The molecule has 0 saturated carbocycles. The third-order valence-electron chi connectivity index (χ3n) is 10.0. The van der Waals surface area contributed by atoms with Crippen LogP contribution in [0.4, 0.5) is 0 Å². The number of hydrogen-bond donors (Lipinski definition) is 0. The van der Waals surface area contributed by atoms with Crippen molar-refractivity contribution in [3.63, 3.8) is 0 Å². The third-order valence-corrected chi connectivity index (χ3v) is 10.0. The summed E-state index contributed by atoms with van der Waals surface area (Å²) in [5, 5.41) is 17.1. The van der Waals surface area contributed by atoms with Crippen LogP contribution in [0.3, 0.4) is 0 Å². The Morgan fingerprint density at radius 1 is 0.509 bits per heavy atom. The summed E-state index contributed by atoms with van der Waals surface area (Å²) in [6.07, 6.45) is 2.83. The number of ether oxygens (including phenoxy) is 12. The number of rotatable bonds is 14. The molecule has 18 heteroatoms. The van der Waals surface area contributed by atoms with E-state index in [9.17, 15) is 0 Å². The van der Waals surface area contributed by atoms with Gasteiger partial charge in [0.15, 0.2) is 35.7 Å². The van der Waals surface area contributed by atoms with Gasteiger partial charge in [0.25, 0.3) is 0 Å². The molecule has 6 fully saturated rings. The van der Waals surface area contributed by atoms with E-state index in [0.29, 0.717) is 26.4 Å². The molecule has 6 aliphatic rings. The topological polar surface area (TPSA) is 172 Å². The number of nitrogens with zero attached hydrogens (tertiary/aromatic N) is 6. The molecule has 6 saturated heterocycles. The normalized spacial score (nSPS) is 37.4. The molecular weight excluding hydrogens is 696 g/mol. The smallest absolute Gasteiger partial charge is 0.190 e. The first-order chi connectivity index (χ1) is 25.1. The Bertz CT molecular complexity index is 1450. The van der Waals surface area contributed by atoms with Gasteiger partial charge in [-0.25, -0.2) is 0 Å². The fourth-order valence-corrected chi connectivity index (χ4v) is 7.97. The molecule has 0 amide bonds. The van der Waals surface area contributed by atoms with E-state index in [0.717, 1.165) is 43.7 Å². The highest BCUT2D eigenvalue weighted by molar-refractivity contribution is 5.02. The Morgan fingerprint density at radius 2 is 0.887 bits per heavy atom. The van der Waals surface area contributed by atoms with Crippen molar-refractivity contribution in [1.82, 2.24) is 30.0 Å². The molecule has 10 atom stereocenters. The van der Waals surface area contributed by atoms with Gasteiger partial charge in [0.05, 0.1) is 38.8 Å². The van der Waals surface area contributed by atoms with Crippen molar-refractivity contribution >= 4 is 0 Å². The van der Waals surface area contributed by atoms with Crippen LogP contribution in [-0.2, 0) is 83.1 Å². The van der Waals surface area contributed by atoms with E-state index < -0.39 is 35.7 Å². The summed E-state index contributed by atoms with van der Waals surface area (Å²) in [6, 6.07) is 0. The Hall–Kier alpha value is -2.20. The average molecular weight is 751 g/mol. The number of hydrogen-bond acceptors (Lipinski definition) is 16. The van der Waals surface area contributed by atoms with Crippen molar-refractivity contribution in [3.8, 4) is 0 Å². The Balaban J connectivity index is 0.723. The minimum atomic E-state index is -0.763. The first kappa shape index (κ1) is 37.7. The molecule has 18 nitrogen and oxygen atoms in total. The summed E-state index contributed by atoms with van der Waals surface area (Å²) >= 11 is 0. The van der Waals surface area contributed by atoms with Gasteiger partial charge in [-0.05, 0) is 74.7 Å². The zero-order valence-electron chi connectivity index (χ0n) is 31.9. The van der Waals surface area contributed by atoms with E-state index in [-0.39, 0.29) is 48.8 Å². The van der Waals surface area contributed by atoms with E-state index in [1.807, 2.05) is 77.1 Å². The van der Waals surface area contributed by atoms with Crippen LogP contribution in [-0.4, -0.2) is 128 Å². The molecule has 2 aromatic rings. The SMILES string of the molecule is CC1(C)O[C@H]2[C@@H](O1)[C@@H](COCc1cn(CCCCCn3cc(COC[C@H]4O[C@@H]5OC(C)(C)O[C@@H]5[C@H]5OC(C)(C)O[C@H]54)nn3)nn1)O[C@@H]1OC(C)(C)O[C@@H]12. The quantitative estimate of drug-likeness (QED) is 0.258. The molecule has 0 unspecified atom stereocenters. The van der Waals surface area contributed by atoms with Gasteiger partial charge in [0.2, 0.25) is 0 Å². The van der Waals surface area contributed by atoms with Gasteiger partial charge in [-0.1, -0.05) is 10.4 Å². The molecule has 0 aromatic carbocycles. The van der Waals surface area contributed by atoms with Crippen LogP contribution in [0, 0.1) is 0 Å². The van der Waals surface area contributed by atoms with Gasteiger partial charge in [-0.2, -0.15) is 0 Å². The lowest BCUT2D eigenvalue weighted by Gasteiger charge is -2.37. The molecule has 53 heavy (non-hydrogen) atoms. The molecule has 2 aromatic heterocycles. The van der Waals surface area contributed by atoms with Crippen molar-refractivity contribution < 1.29 is 56.8 Å². The maximum absolute atomic E-state index is 6.23. The monoisotopic (exact) mass is 750 g/mol. The average Bonchev–Trinajstić information content (AvgIpc) is 3.90. The highest BCUT2D eigenvalue weighted by Gasteiger charge is 2.62. The first-order valence-corrected chi connectivity index (χ1v) is 18.8. The summed E-state index contributed by atoms with van der Waals surface area (Å²) in [6.45, 7) is 17.7. The second-order valence-electron chi connectivity index (χ2n) is 16.5. The number of aryl methyl sites for hydroxylation is 2. The van der Waals surface area contributed by atoms with Crippen molar-refractivity contribution in [2.75, 3.05) is 13.2 Å². The molecule has 8 rings (SSSR count). The lowest BCUT2D eigenvalue weighted by Crippen LogP contribution is -2.56. The fourth-order valence-electron chi connectivity index (χ4n) is 7.97. The van der Waals surface area contributed by atoms with E-state index in [1.54, 1.807) is 0 Å². The van der Waals surface area contributed by atoms with Gasteiger partial charge in [-0.3, -0.25) is 9.36 Å². The first-order valence-electron chi connectivity index (χ1n) is 18.8. The largest absolute Gasteiger partial charge is 0.372 e. The number of aromatic nitrogens is 6. The maximum Gasteiger partial charge on any atom is 0.190 e. The van der Waals surface area contributed by atoms with Crippen molar-refractivity contribution in [2.24, 2.45) is 0 Å². The number of fused-ring (bicyclic) bond motifs is 6. The van der Waals surface area contributed by atoms with E-state index in [1.165, 1.54) is 0 Å². The zero-order chi connectivity index (χ0) is 37.2. The van der Waals surface area contributed by atoms with Gasteiger partial charge in [0, 0.05) is 13.1 Å².